The van der Waals surface area contributed by atoms with Crippen molar-refractivity contribution in [2.75, 3.05) is 5.32 Å². The van der Waals surface area contributed by atoms with E-state index in [1.807, 2.05) is 0 Å². The van der Waals surface area contributed by atoms with Crippen molar-refractivity contribution in [2.45, 2.75) is 12.7 Å². The predicted octanol–water partition coefficient (Wildman–Crippen LogP) is 3.46. The summed E-state index contributed by atoms with van der Waals surface area (Å²) < 4.78 is 48.1. The number of carbonyl (C=O) groups excluding carboxylic acids is 1. The minimum atomic E-state index is -4.90. The topological polar surface area (TPSA) is 129 Å². The zero-order valence-electron chi connectivity index (χ0n) is 17.6. The van der Waals surface area contributed by atoms with E-state index in [1.165, 1.54) is 41.6 Å². The highest BCUT2D eigenvalue weighted by molar-refractivity contribution is 6.05. The van der Waals surface area contributed by atoms with E-state index in [-0.39, 0.29) is 29.0 Å². The second kappa shape index (κ2) is 8.48. The zero-order chi connectivity index (χ0) is 24.6. The van der Waals surface area contributed by atoms with Crippen molar-refractivity contribution in [3.8, 4) is 11.5 Å². The highest BCUT2D eigenvalue weighted by Crippen LogP contribution is 2.35. The number of hydrogen-bond donors (Lipinski definition) is 1. The van der Waals surface area contributed by atoms with Crippen molar-refractivity contribution in [1.29, 1.82) is 0 Å². The summed E-state index contributed by atoms with van der Waals surface area (Å²) in [5.41, 5.74) is -0.842. The highest BCUT2D eigenvalue weighted by atomic mass is 19.4. The smallest absolute Gasteiger partial charge is 0.434 e. The normalized spacial score (nSPS) is 11.6. The third kappa shape index (κ3) is 4.01. The maximum atomic E-state index is 14.1. The minimum Gasteiger partial charge on any atom is -0.443 e. The van der Waals surface area contributed by atoms with E-state index in [0.717, 1.165) is 12.6 Å². The lowest BCUT2D eigenvalue weighted by atomic mass is 10.2. The molecule has 0 atom stereocenters. The number of aliphatic imine (C=N–C) groups is 1. The number of hydrogen-bond acceptors (Lipinski definition) is 8. The van der Waals surface area contributed by atoms with Crippen LogP contribution in [0.1, 0.15) is 21.6 Å². The van der Waals surface area contributed by atoms with Gasteiger partial charge < -0.3 is 9.73 Å². The molecule has 1 amide bonds. The van der Waals surface area contributed by atoms with E-state index in [2.05, 4.69) is 42.3 Å². The number of fused-ring (bicyclic) bond motifs is 1. The molecule has 0 saturated heterocycles. The molecule has 0 aliphatic rings. The van der Waals surface area contributed by atoms with E-state index in [4.69, 9.17) is 4.42 Å². The number of oxazole rings is 1. The van der Waals surface area contributed by atoms with Crippen LogP contribution >= 0.6 is 0 Å². The number of anilines is 1. The first-order valence-electron chi connectivity index (χ1n) is 9.94. The van der Waals surface area contributed by atoms with Gasteiger partial charge in [-0.1, -0.05) is 6.07 Å². The lowest BCUT2D eigenvalue weighted by Gasteiger charge is -2.13. The Morgan fingerprint density at radius 2 is 1.94 bits per heavy atom. The quantitative estimate of drug-likeness (QED) is 0.368. The van der Waals surface area contributed by atoms with Crippen LogP contribution in [0.4, 0.5) is 18.9 Å². The fourth-order valence-corrected chi connectivity index (χ4v) is 3.52. The molecule has 14 heteroatoms. The SMILES string of the molecule is C=NCc1cc(NC(=O)c2cnn(-c3cccc4ocnc34)c2C(F)(F)F)cnc1-n1nccn1. The van der Waals surface area contributed by atoms with Gasteiger partial charge in [0.1, 0.15) is 5.52 Å². The number of amides is 1. The molecule has 11 nitrogen and oxygen atoms in total. The van der Waals surface area contributed by atoms with Gasteiger partial charge in [-0.2, -0.15) is 28.5 Å². The number of aromatic nitrogens is 7. The molecule has 4 heterocycles. The Morgan fingerprint density at radius 3 is 2.69 bits per heavy atom. The minimum absolute atomic E-state index is 0.0136. The molecule has 5 aromatic rings. The Kier molecular flexibility index (Phi) is 5.31. The molecule has 176 valence electrons. The van der Waals surface area contributed by atoms with E-state index >= 15 is 0 Å². The largest absolute Gasteiger partial charge is 0.443 e. The number of alkyl halides is 3. The number of nitrogens with zero attached hydrogens (tertiary/aromatic N) is 8. The molecule has 0 spiro atoms. The van der Waals surface area contributed by atoms with Crippen molar-refractivity contribution < 1.29 is 22.4 Å². The van der Waals surface area contributed by atoms with Crippen LogP contribution in [0.25, 0.3) is 22.6 Å². The van der Waals surface area contributed by atoms with Crippen molar-refractivity contribution in [3.63, 3.8) is 0 Å². The van der Waals surface area contributed by atoms with E-state index in [0.29, 0.717) is 16.1 Å². The van der Waals surface area contributed by atoms with Gasteiger partial charge in [-0.3, -0.25) is 9.79 Å². The predicted molar refractivity (Wildman–Crippen MR) is 116 cm³/mol. The highest BCUT2D eigenvalue weighted by Gasteiger charge is 2.41. The van der Waals surface area contributed by atoms with Crippen LogP contribution < -0.4 is 5.32 Å². The third-order valence-corrected chi connectivity index (χ3v) is 4.94. The van der Waals surface area contributed by atoms with Gasteiger partial charge in [0.05, 0.1) is 48.3 Å². The Labute approximate surface area is 193 Å². The molecule has 0 bridgehead atoms. The van der Waals surface area contributed by atoms with Gasteiger partial charge >= 0.3 is 6.18 Å². The number of pyridine rings is 1. The summed E-state index contributed by atoms with van der Waals surface area (Å²) in [7, 11) is 0. The van der Waals surface area contributed by atoms with Crippen LogP contribution in [0.5, 0.6) is 0 Å². The number of para-hydroxylation sites is 1. The van der Waals surface area contributed by atoms with Crippen molar-refractivity contribution >= 4 is 29.4 Å². The van der Waals surface area contributed by atoms with E-state index in [9.17, 15) is 18.0 Å². The van der Waals surface area contributed by atoms with Crippen LogP contribution in [-0.4, -0.2) is 47.4 Å². The number of carbonyl (C=O) groups is 1. The molecule has 1 aromatic carbocycles. The molecular weight excluding hydrogens is 467 g/mol. The molecule has 1 N–H and O–H groups in total. The molecule has 0 fully saturated rings. The third-order valence-electron chi connectivity index (χ3n) is 4.94. The Bertz CT molecular complexity index is 1540. The fourth-order valence-electron chi connectivity index (χ4n) is 3.52. The van der Waals surface area contributed by atoms with Crippen LogP contribution in [0.15, 0.2) is 64.9 Å². The van der Waals surface area contributed by atoms with Crippen molar-refractivity contribution in [2.24, 2.45) is 4.99 Å². The molecule has 0 radical (unpaired) electrons. The molecule has 0 saturated carbocycles. The number of nitrogens with one attached hydrogen (secondary N) is 1. The van der Waals surface area contributed by atoms with Gasteiger partial charge in [0, 0.05) is 5.56 Å². The summed E-state index contributed by atoms with van der Waals surface area (Å²) in [5, 5.41) is 14.3. The maximum Gasteiger partial charge on any atom is 0.434 e. The second-order valence-electron chi connectivity index (χ2n) is 7.15. The molecule has 0 unspecified atom stereocenters. The molecule has 4 aromatic heterocycles. The summed E-state index contributed by atoms with van der Waals surface area (Å²) in [4.78, 5) is 26.2. The summed E-state index contributed by atoms with van der Waals surface area (Å²) in [6.45, 7) is 3.55. The zero-order valence-corrected chi connectivity index (χ0v) is 17.6. The monoisotopic (exact) mass is 481 g/mol. The first-order valence-corrected chi connectivity index (χ1v) is 9.94. The van der Waals surface area contributed by atoms with Gasteiger partial charge in [-0.05, 0) is 24.9 Å². The van der Waals surface area contributed by atoms with Gasteiger partial charge in [-0.15, -0.1) is 4.80 Å². The Balaban J connectivity index is 1.53. The molecule has 35 heavy (non-hydrogen) atoms. The Hall–Kier alpha value is -4.88. The van der Waals surface area contributed by atoms with Crippen LogP contribution in [0, 0.1) is 0 Å². The van der Waals surface area contributed by atoms with Crippen LogP contribution in [0.3, 0.4) is 0 Å². The fraction of sp³-hybridized carbons (Fsp3) is 0.0952. The number of benzene rings is 1. The first kappa shape index (κ1) is 21.9. The lowest BCUT2D eigenvalue weighted by molar-refractivity contribution is -0.143. The maximum absolute atomic E-state index is 14.1. The Morgan fingerprint density at radius 1 is 1.14 bits per heavy atom. The second-order valence-corrected chi connectivity index (χ2v) is 7.15. The lowest BCUT2D eigenvalue weighted by Crippen LogP contribution is -2.21. The molecule has 5 rings (SSSR count). The van der Waals surface area contributed by atoms with E-state index in [1.54, 1.807) is 6.07 Å². The molecular formula is C21H14F3N9O2. The van der Waals surface area contributed by atoms with Gasteiger partial charge in [0.25, 0.3) is 5.91 Å². The van der Waals surface area contributed by atoms with Crippen LogP contribution in [0.2, 0.25) is 0 Å². The average Bonchev–Trinajstić information content (AvgIpc) is 3.59. The average molecular weight is 481 g/mol. The molecule has 0 aliphatic carbocycles. The van der Waals surface area contributed by atoms with Crippen molar-refractivity contribution in [3.05, 3.63) is 72.3 Å². The van der Waals surface area contributed by atoms with Crippen LogP contribution in [-0.2, 0) is 12.7 Å². The summed E-state index contributed by atoms with van der Waals surface area (Å²) in [5.74, 6) is -0.690. The first-order chi connectivity index (χ1) is 16.9. The number of halogens is 3. The van der Waals surface area contributed by atoms with Gasteiger partial charge in [-0.25, -0.2) is 14.6 Å². The number of rotatable bonds is 6. The van der Waals surface area contributed by atoms with E-state index < -0.39 is 23.3 Å². The van der Waals surface area contributed by atoms with Crippen molar-refractivity contribution in [1.82, 2.24) is 34.7 Å². The van der Waals surface area contributed by atoms with Gasteiger partial charge in [0.2, 0.25) is 0 Å². The summed E-state index contributed by atoms with van der Waals surface area (Å²) >= 11 is 0. The molecule has 0 aliphatic heterocycles. The summed E-state index contributed by atoms with van der Waals surface area (Å²) in [6.07, 6.45) is 1.25. The summed E-state index contributed by atoms with van der Waals surface area (Å²) in [6, 6.07) is 5.96. The van der Waals surface area contributed by atoms with Gasteiger partial charge in [0.15, 0.2) is 23.5 Å². The standard InChI is InChI=1S/C21H14F3N9O2/c1-25-8-12-7-13(9-26-19(12)33-28-5-6-29-33)31-20(34)14-10-30-32(18(14)21(22,23)24)15-3-2-4-16-17(15)27-11-35-16/h2-7,9-11H,1,8H2,(H,31,34).